The Hall–Kier alpha value is -3.71. The molecule has 7 heteroatoms. The van der Waals surface area contributed by atoms with Crippen LogP contribution in [0.4, 0.5) is 11.4 Å². The lowest BCUT2D eigenvalue weighted by molar-refractivity contribution is -0.116. The monoisotopic (exact) mass is 415 g/mol. The van der Waals surface area contributed by atoms with Crippen LogP contribution in [-0.2, 0) is 4.79 Å². The second kappa shape index (κ2) is 7.27. The maximum Gasteiger partial charge on any atom is 0.291 e. The Balaban J connectivity index is 1.35. The number of nitrogens with zero attached hydrogens (tertiary/aromatic N) is 1. The number of carbonyl (C=O) groups is 2. The summed E-state index contributed by atoms with van der Waals surface area (Å²) in [6, 6.07) is 16.8. The minimum Gasteiger partial charge on any atom is -0.459 e. The molecule has 1 aliphatic rings. The molecule has 2 aromatic carbocycles. The van der Waals surface area contributed by atoms with Gasteiger partial charge in [-0.05, 0) is 61.0 Å². The topological polar surface area (TPSA) is 84.2 Å². The van der Waals surface area contributed by atoms with Crippen molar-refractivity contribution in [3.05, 3.63) is 77.6 Å². The molecule has 0 aliphatic carbocycles. The van der Waals surface area contributed by atoms with Crippen LogP contribution in [0.5, 0.6) is 0 Å². The van der Waals surface area contributed by atoms with Crippen LogP contribution in [0.3, 0.4) is 0 Å². The van der Waals surface area contributed by atoms with E-state index in [1.54, 1.807) is 23.5 Å². The first-order valence-electron chi connectivity index (χ1n) is 9.44. The number of carbonyl (C=O) groups excluding carboxylic acids is 2. The van der Waals surface area contributed by atoms with Gasteiger partial charge in [0.2, 0.25) is 5.91 Å². The third-order valence-corrected chi connectivity index (χ3v) is 6.00. The van der Waals surface area contributed by atoms with Gasteiger partial charge in [0.1, 0.15) is 5.01 Å². The summed E-state index contributed by atoms with van der Waals surface area (Å²) in [7, 11) is 0. The Morgan fingerprint density at radius 2 is 1.93 bits per heavy atom. The number of fused-ring (bicyclic) bond motifs is 1. The van der Waals surface area contributed by atoms with Crippen molar-refractivity contribution in [2.45, 2.75) is 12.8 Å². The smallest absolute Gasteiger partial charge is 0.291 e. The summed E-state index contributed by atoms with van der Waals surface area (Å²) in [4.78, 5) is 28.7. The fourth-order valence-corrected chi connectivity index (χ4v) is 4.25. The number of furan rings is 1. The van der Waals surface area contributed by atoms with Gasteiger partial charge in [0.15, 0.2) is 5.76 Å². The molecular weight excluding hydrogens is 398 g/mol. The van der Waals surface area contributed by atoms with Crippen molar-refractivity contribution < 1.29 is 14.0 Å². The zero-order chi connectivity index (χ0) is 20.7. The summed E-state index contributed by atoms with van der Waals surface area (Å²) in [6.07, 6.45) is 1.47. The quantitative estimate of drug-likeness (QED) is 0.469. The van der Waals surface area contributed by atoms with Crippen LogP contribution in [0, 0.1) is 0 Å². The van der Waals surface area contributed by atoms with Crippen molar-refractivity contribution in [2.24, 2.45) is 0 Å². The zero-order valence-corrected chi connectivity index (χ0v) is 16.8. The van der Waals surface area contributed by atoms with E-state index in [0.29, 0.717) is 5.69 Å². The first-order valence-corrected chi connectivity index (χ1v) is 10.3. The van der Waals surface area contributed by atoms with Crippen molar-refractivity contribution in [1.82, 2.24) is 4.98 Å². The molecule has 0 saturated carbocycles. The van der Waals surface area contributed by atoms with Gasteiger partial charge in [0.25, 0.3) is 5.91 Å². The highest BCUT2D eigenvalue weighted by molar-refractivity contribution is 7.13. The number of amides is 2. The lowest BCUT2D eigenvalue weighted by Gasteiger charge is -2.05. The highest BCUT2D eigenvalue weighted by Crippen LogP contribution is 2.36. The van der Waals surface area contributed by atoms with Gasteiger partial charge in [0.05, 0.1) is 17.9 Å². The van der Waals surface area contributed by atoms with Gasteiger partial charge >= 0.3 is 0 Å². The van der Waals surface area contributed by atoms with Gasteiger partial charge in [-0.2, -0.15) is 0 Å². The molecule has 5 rings (SSSR count). The minimum atomic E-state index is -0.289. The van der Waals surface area contributed by atoms with Gasteiger partial charge in [-0.15, -0.1) is 11.3 Å². The van der Waals surface area contributed by atoms with Gasteiger partial charge in [0, 0.05) is 27.9 Å². The number of rotatable bonds is 4. The maximum atomic E-state index is 12.1. The summed E-state index contributed by atoms with van der Waals surface area (Å²) in [5.41, 5.74) is 5.39. The zero-order valence-electron chi connectivity index (χ0n) is 16.0. The highest BCUT2D eigenvalue weighted by atomic mass is 32.1. The van der Waals surface area contributed by atoms with Crippen LogP contribution < -0.4 is 10.6 Å². The van der Waals surface area contributed by atoms with Crippen LogP contribution in [0.2, 0.25) is 0 Å². The standard InChI is InChI=1S/C23H17N3O3S/c1-13-17-11-15(6-9-18(17)25-21(13)27)19-12-30-23(26-19)14-4-7-16(8-5-14)24-22(28)20-3-2-10-29-20/h2-13H,1H3,(H,24,28)(H,25,27)/t13-/m0/s1. The van der Waals surface area contributed by atoms with Gasteiger partial charge in [-0.25, -0.2) is 4.98 Å². The second-order valence-corrected chi connectivity index (χ2v) is 7.92. The third-order valence-electron chi connectivity index (χ3n) is 5.10. The molecule has 1 atom stereocenters. The number of hydrogen-bond donors (Lipinski definition) is 2. The molecule has 4 aromatic rings. The summed E-state index contributed by atoms with van der Waals surface area (Å²) in [5, 5.41) is 8.59. The van der Waals surface area contributed by atoms with Crippen LogP contribution in [0.15, 0.2) is 70.7 Å². The van der Waals surface area contributed by atoms with Crippen molar-refractivity contribution in [2.75, 3.05) is 10.6 Å². The number of hydrogen-bond acceptors (Lipinski definition) is 5. The molecule has 2 aromatic heterocycles. The van der Waals surface area contributed by atoms with Crippen LogP contribution in [0.1, 0.15) is 29.0 Å². The summed E-state index contributed by atoms with van der Waals surface area (Å²) in [5.74, 6) is -0.144. The number of anilines is 2. The van der Waals surface area contributed by atoms with Crippen molar-refractivity contribution in [3.63, 3.8) is 0 Å². The van der Waals surface area contributed by atoms with Crippen LogP contribution in [0.25, 0.3) is 21.8 Å². The SMILES string of the molecule is C[C@@H]1C(=O)Nc2ccc(-c3csc(-c4ccc(NC(=O)c5ccco5)cc4)n3)cc21. The lowest BCUT2D eigenvalue weighted by Crippen LogP contribution is -2.10. The van der Waals surface area contributed by atoms with Crippen LogP contribution in [-0.4, -0.2) is 16.8 Å². The normalized spacial score (nSPS) is 15.0. The molecule has 0 radical (unpaired) electrons. The molecule has 148 valence electrons. The molecule has 3 heterocycles. The Morgan fingerprint density at radius 1 is 1.13 bits per heavy atom. The largest absolute Gasteiger partial charge is 0.459 e. The molecule has 2 N–H and O–H groups in total. The molecule has 0 spiro atoms. The molecule has 0 unspecified atom stereocenters. The lowest BCUT2D eigenvalue weighted by atomic mass is 9.99. The van der Waals surface area contributed by atoms with Crippen molar-refractivity contribution >= 4 is 34.5 Å². The van der Waals surface area contributed by atoms with E-state index in [9.17, 15) is 9.59 Å². The Bertz CT molecular complexity index is 1240. The van der Waals surface area contributed by atoms with E-state index in [1.807, 2.05) is 54.8 Å². The van der Waals surface area contributed by atoms with E-state index in [1.165, 1.54) is 6.26 Å². The van der Waals surface area contributed by atoms with Crippen molar-refractivity contribution in [1.29, 1.82) is 0 Å². The first-order chi connectivity index (χ1) is 14.6. The predicted octanol–water partition coefficient (Wildman–Crippen LogP) is 5.38. The fourth-order valence-electron chi connectivity index (χ4n) is 3.41. The van der Waals surface area contributed by atoms with E-state index in [4.69, 9.17) is 9.40 Å². The fraction of sp³-hybridized carbons (Fsp3) is 0.0870. The van der Waals surface area contributed by atoms with E-state index >= 15 is 0 Å². The van der Waals surface area contributed by atoms with E-state index in [2.05, 4.69) is 10.6 Å². The van der Waals surface area contributed by atoms with E-state index in [0.717, 1.165) is 33.1 Å². The van der Waals surface area contributed by atoms with E-state index < -0.39 is 0 Å². The molecule has 0 saturated heterocycles. The third kappa shape index (κ3) is 3.29. The Kier molecular flexibility index (Phi) is 4.44. The number of benzene rings is 2. The Morgan fingerprint density at radius 3 is 2.70 bits per heavy atom. The van der Waals surface area contributed by atoms with E-state index in [-0.39, 0.29) is 23.5 Å². The number of nitrogens with one attached hydrogen (secondary N) is 2. The summed E-state index contributed by atoms with van der Waals surface area (Å²) < 4.78 is 5.10. The molecule has 2 amide bonds. The molecule has 1 aliphatic heterocycles. The van der Waals surface area contributed by atoms with Crippen molar-refractivity contribution in [3.8, 4) is 21.8 Å². The average molecular weight is 415 g/mol. The summed E-state index contributed by atoms with van der Waals surface area (Å²) >= 11 is 1.55. The number of thiazole rings is 1. The number of aromatic nitrogens is 1. The van der Waals surface area contributed by atoms with Gasteiger partial charge in [-0.1, -0.05) is 6.07 Å². The highest BCUT2D eigenvalue weighted by Gasteiger charge is 2.26. The maximum absolute atomic E-state index is 12.1. The molecule has 30 heavy (non-hydrogen) atoms. The average Bonchev–Trinajstić information content (AvgIpc) is 3.50. The minimum absolute atomic E-state index is 0.0281. The van der Waals surface area contributed by atoms with Gasteiger partial charge in [-0.3, -0.25) is 9.59 Å². The van der Waals surface area contributed by atoms with Crippen LogP contribution >= 0.6 is 11.3 Å². The Labute approximate surface area is 176 Å². The summed E-state index contributed by atoms with van der Waals surface area (Å²) in [6.45, 7) is 1.91. The molecule has 6 nitrogen and oxygen atoms in total. The molecular formula is C23H17N3O3S. The van der Waals surface area contributed by atoms with Gasteiger partial charge < -0.3 is 15.1 Å². The first kappa shape index (κ1) is 18.3. The molecule has 0 bridgehead atoms. The predicted molar refractivity (Wildman–Crippen MR) is 117 cm³/mol. The molecule has 0 fully saturated rings. The second-order valence-electron chi connectivity index (χ2n) is 7.06.